The van der Waals surface area contributed by atoms with E-state index in [9.17, 15) is 4.79 Å². The lowest BCUT2D eigenvalue weighted by atomic mass is 10.0. The maximum Gasteiger partial charge on any atom is 0.233 e. The quantitative estimate of drug-likeness (QED) is 0.876. The first kappa shape index (κ1) is 13.2. The van der Waals surface area contributed by atoms with E-state index in [0.29, 0.717) is 6.54 Å². The van der Waals surface area contributed by atoms with E-state index >= 15 is 0 Å². The third-order valence-corrected chi connectivity index (χ3v) is 4.44. The van der Waals surface area contributed by atoms with Gasteiger partial charge >= 0.3 is 0 Å². The van der Waals surface area contributed by atoms with Gasteiger partial charge in [0, 0.05) is 22.4 Å². The zero-order valence-corrected chi connectivity index (χ0v) is 12.7. The molecule has 3 nitrogen and oxygen atoms in total. The second-order valence-corrected chi connectivity index (χ2v) is 5.83. The Balaban J connectivity index is 1.79. The Morgan fingerprint density at radius 2 is 2.10 bits per heavy atom. The van der Waals surface area contributed by atoms with Crippen LogP contribution in [0.2, 0.25) is 0 Å². The van der Waals surface area contributed by atoms with Gasteiger partial charge in [0.15, 0.2) is 0 Å². The average Bonchev–Trinajstić information content (AvgIpc) is 2.87. The van der Waals surface area contributed by atoms with Crippen LogP contribution in [0.3, 0.4) is 0 Å². The fourth-order valence-corrected chi connectivity index (χ4v) is 2.80. The molecule has 0 saturated heterocycles. The zero-order chi connectivity index (χ0) is 14.1. The fraction of sp³-hybridized carbons (Fsp3) is 0.188. The molecule has 2 N–H and O–H groups in total. The van der Waals surface area contributed by atoms with Crippen LogP contribution in [0.5, 0.6) is 0 Å². The molecule has 2 aromatic rings. The Bertz CT molecular complexity index is 669. The second-order valence-electron chi connectivity index (χ2n) is 4.97. The van der Waals surface area contributed by atoms with Crippen LogP contribution in [-0.2, 0) is 4.79 Å². The van der Waals surface area contributed by atoms with Gasteiger partial charge in [0.25, 0.3) is 0 Å². The molecule has 20 heavy (non-hydrogen) atoms. The second kappa shape index (κ2) is 5.29. The third-order valence-electron chi connectivity index (χ3n) is 3.59. The SMILES string of the molecule is Cc1ccc(NC(=O)C2CNc3ccccc32)cc1Br. The summed E-state index contributed by atoms with van der Waals surface area (Å²) >= 11 is 3.48. The number of fused-ring (bicyclic) bond motifs is 1. The smallest absolute Gasteiger partial charge is 0.233 e. The lowest BCUT2D eigenvalue weighted by Crippen LogP contribution is -2.22. The minimum Gasteiger partial charge on any atom is -0.384 e. The normalized spacial score (nSPS) is 16.4. The summed E-state index contributed by atoms with van der Waals surface area (Å²) in [6.07, 6.45) is 0. The molecule has 1 aliphatic rings. The molecule has 1 unspecified atom stereocenters. The highest BCUT2D eigenvalue weighted by atomic mass is 79.9. The number of halogens is 1. The highest BCUT2D eigenvalue weighted by Gasteiger charge is 2.28. The number of carbonyl (C=O) groups is 1. The van der Waals surface area contributed by atoms with Crippen LogP contribution in [0.4, 0.5) is 11.4 Å². The van der Waals surface area contributed by atoms with E-state index in [1.54, 1.807) is 0 Å². The Morgan fingerprint density at radius 3 is 2.90 bits per heavy atom. The van der Waals surface area contributed by atoms with E-state index in [4.69, 9.17) is 0 Å². The number of amides is 1. The first-order valence-electron chi connectivity index (χ1n) is 6.55. The van der Waals surface area contributed by atoms with E-state index < -0.39 is 0 Å². The van der Waals surface area contributed by atoms with Crippen molar-refractivity contribution in [2.45, 2.75) is 12.8 Å². The summed E-state index contributed by atoms with van der Waals surface area (Å²) in [5, 5.41) is 6.25. The number of aryl methyl sites for hydroxylation is 1. The molecule has 4 heteroatoms. The van der Waals surface area contributed by atoms with E-state index in [0.717, 1.165) is 27.0 Å². The van der Waals surface area contributed by atoms with Gasteiger partial charge in [0.1, 0.15) is 0 Å². The molecular weight excluding hydrogens is 316 g/mol. The number of nitrogens with one attached hydrogen (secondary N) is 2. The van der Waals surface area contributed by atoms with Crippen LogP contribution < -0.4 is 10.6 Å². The molecule has 0 saturated carbocycles. The highest BCUT2D eigenvalue weighted by Crippen LogP contribution is 2.32. The van der Waals surface area contributed by atoms with Gasteiger partial charge in [-0.3, -0.25) is 4.79 Å². The van der Waals surface area contributed by atoms with Crippen LogP contribution in [0.15, 0.2) is 46.9 Å². The molecule has 0 radical (unpaired) electrons. The van der Waals surface area contributed by atoms with Crippen molar-refractivity contribution in [3.8, 4) is 0 Å². The van der Waals surface area contributed by atoms with Gasteiger partial charge in [-0.15, -0.1) is 0 Å². The number of anilines is 2. The lowest BCUT2D eigenvalue weighted by molar-refractivity contribution is -0.117. The Hall–Kier alpha value is -1.81. The van der Waals surface area contributed by atoms with Gasteiger partial charge < -0.3 is 10.6 Å². The molecule has 0 aliphatic carbocycles. The molecule has 0 fully saturated rings. The van der Waals surface area contributed by atoms with Crippen LogP contribution in [0.25, 0.3) is 0 Å². The largest absolute Gasteiger partial charge is 0.384 e. The van der Waals surface area contributed by atoms with E-state index in [2.05, 4.69) is 26.6 Å². The van der Waals surface area contributed by atoms with Gasteiger partial charge in [-0.1, -0.05) is 40.2 Å². The predicted octanol–water partition coefficient (Wildman–Crippen LogP) is 3.91. The van der Waals surface area contributed by atoms with Gasteiger partial charge in [-0.05, 0) is 36.2 Å². The molecule has 0 spiro atoms. The van der Waals surface area contributed by atoms with Crippen molar-refractivity contribution >= 4 is 33.2 Å². The predicted molar refractivity (Wildman–Crippen MR) is 85.2 cm³/mol. The van der Waals surface area contributed by atoms with Crippen LogP contribution >= 0.6 is 15.9 Å². The van der Waals surface area contributed by atoms with Crippen molar-refractivity contribution in [3.05, 3.63) is 58.1 Å². The molecule has 1 atom stereocenters. The summed E-state index contributed by atoms with van der Waals surface area (Å²) in [6.45, 7) is 2.67. The van der Waals surface area contributed by atoms with E-state index in [1.165, 1.54) is 0 Å². The number of benzene rings is 2. The molecule has 0 bridgehead atoms. The summed E-state index contributed by atoms with van der Waals surface area (Å²) in [7, 11) is 0. The first-order valence-corrected chi connectivity index (χ1v) is 7.34. The number of para-hydroxylation sites is 1. The summed E-state index contributed by atoms with van der Waals surface area (Å²) in [4.78, 5) is 12.4. The summed E-state index contributed by atoms with van der Waals surface area (Å²) in [6, 6.07) is 13.8. The Morgan fingerprint density at radius 1 is 1.30 bits per heavy atom. The van der Waals surface area contributed by atoms with Gasteiger partial charge in [0.05, 0.1) is 5.92 Å². The molecule has 2 aromatic carbocycles. The standard InChI is InChI=1S/C16H15BrN2O/c1-10-6-7-11(8-14(10)17)19-16(20)13-9-18-15-5-3-2-4-12(13)15/h2-8,13,18H,9H2,1H3,(H,19,20). The Kier molecular flexibility index (Phi) is 3.49. The lowest BCUT2D eigenvalue weighted by Gasteiger charge is -2.12. The van der Waals surface area contributed by atoms with Crippen molar-refractivity contribution in [2.24, 2.45) is 0 Å². The molecule has 3 rings (SSSR count). The fourth-order valence-electron chi connectivity index (χ4n) is 2.42. The van der Waals surface area contributed by atoms with Crippen LogP contribution in [0.1, 0.15) is 17.0 Å². The molecule has 1 aliphatic heterocycles. The first-order chi connectivity index (χ1) is 9.65. The van der Waals surface area contributed by atoms with Gasteiger partial charge in [-0.25, -0.2) is 0 Å². The monoisotopic (exact) mass is 330 g/mol. The number of hydrogen-bond acceptors (Lipinski definition) is 2. The van der Waals surface area contributed by atoms with Crippen molar-refractivity contribution in [1.29, 1.82) is 0 Å². The summed E-state index contributed by atoms with van der Waals surface area (Å²) in [5.41, 5.74) is 4.08. The molecule has 1 amide bonds. The number of carbonyl (C=O) groups excluding carboxylic acids is 1. The van der Waals surface area contributed by atoms with Crippen molar-refractivity contribution in [1.82, 2.24) is 0 Å². The van der Waals surface area contributed by atoms with Crippen molar-refractivity contribution in [3.63, 3.8) is 0 Å². The van der Waals surface area contributed by atoms with Crippen molar-refractivity contribution < 1.29 is 4.79 Å². The van der Waals surface area contributed by atoms with Crippen LogP contribution in [-0.4, -0.2) is 12.5 Å². The maximum atomic E-state index is 12.4. The molecule has 1 heterocycles. The highest BCUT2D eigenvalue weighted by molar-refractivity contribution is 9.10. The average molecular weight is 331 g/mol. The van der Waals surface area contributed by atoms with E-state index in [1.807, 2.05) is 49.4 Å². The topological polar surface area (TPSA) is 41.1 Å². The summed E-state index contributed by atoms with van der Waals surface area (Å²) in [5.74, 6) is -0.107. The zero-order valence-electron chi connectivity index (χ0n) is 11.1. The minimum atomic E-state index is -0.133. The minimum absolute atomic E-state index is 0.0261. The molecule has 0 aromatic heterocycles. The number of hydrogen-bond donors (Lipinski definition) is 2. The number of rotatable bonds is 2. The van der Waals surface area contributed by atoms with Crippen LogP contribution in [0, 0.1) is 6.92 Å². The summed E-state index contributed by atoms with van der Waals surface area (Å²) < 4.78 is 1.00. The Labute approximate surface area is 126 Å². The third kappa shape index (κ3) is 2.43. The van der Waals surface area contributed by atoms with E-state index in [-0.39, 0.29) is 11.8 Å². The molecular formula is C16H15BrN2O. The van der Waals surface area contributed by atoms with Gasteiger partial charge in [0.2, 0.25) is 5.91 Å². The molecule has 102 valence electrons. The maximum absolute atomic E-state index is 12.4. The van der Waals surface area contributed by atoms with Crippen molar-refractivity contribution in [2.75, 3.05) is 17.2 Å². The van der Waals surface area contributed by atoms with Gasteiger partial charge in [-0.2, -0.15) is 0 Å².